The molecular weight excluding hydrogens is 889 g/mol. The lowest BCUT2D eigenvalue weighted by atomic mass is 10.0. The molecule has 358 valence electrons. The molecule has 15 heteroatoms. The van der Waals surface area contributed by atoms with Crippen LogP contribution >= 0.6 is 0 Å². The van der Waals surface area contributed by atoms with E-state index in [9.17, 15) is 14.4 Å². The number of carbonyl (C=O) groups excluding carboxylic acids is 3. The van der Waals surface area contributed by atoms with E-state index >= 15 is 0 Å². The summed E-state index contributed by atoms with van der Waals surface area (Å²) in [6.07, 6.45) is 0. The highest BCUT2D eigenvalue weighted by Crippen LogP contribution is 2.25. The molecule has 6 aromatic rings. The number of aromatic nitrogens is 3. The Labute approximate surface area is 408 Å². The Morgan fingerprint density at radius 2 is 0.714 bits per heavy atom. The third-order valence-electron chi connectivity index (χ3n) is 11.5. The Bertz CT molecular complexity index is 2780. The summed E-state index contributed by atoms with van der Waals surface area (Å²) in [4.78, 5) is 60.0. The topological polar surface area (TPSA) is 155 Å². The molecule has 0 N–H and O–H groups in total. The number of hydrogen-bond donors (Lipinski definition) is 0. The quantitative estimate of drug-likeness (QED) is 0.0699. The normalized spacial score (nSPS) is 13.2. The standard InChI is InChI=1S/C55H54N6O9/c1-65-47-17-11-38(12-18-47)7-9-40-29-44(56-50(31-40)53(62)68-4)35-59-23-24-60(36-45-30-41(32-51(57-45)54(63)69-5)10-8-39-13-19-48(66-2)20-14-39)26-28-61(27-25-59)37-46-33-43(34-52(58-46)55(64)70-6)42-15-21-49(67-3)22-16-42/h11-22,29-34H,23-28,35-37H2,1-6H3. The summed E-state index contributed by atoms with van der Waals surface area (Å²) in [5.74, 6) is 13.3. The molecule has 7 rings (SSSR count). The van der Waals surface area contributed by atoms with Crippen molar-refractivity contribution in [3.05, 3.63) is 166 Å². The van der Waals surface area contributed by atoms with Gasteiger partial charge in [0, 0.05) is 81.2 Å². The van der Waals surface area contributed by atoms with Crippen molar-refractivity contribution in [2.75, 3.05) is 81.9 Å². The SMILES string of the molecule is COC(=O)c1cc(C#Cc2ccc(OC)cc2)cc(CN2CCN(Cc3cc(C#Cc4ccc(OC)cc4)cc(C(=O)OC)n3)CCN(Cc3cc(-c4ccc(OC)cc4)cc(C(=O)OC)n3)CC2)n1. The highest BCUT2D eigenvalue weighted by atomic mass is 16.5. The molecule has 0 spiro atoms. The molecule has 0 saturated carbocycles. The van der Waals surface area contributed by atoms with Crippen molar-refractivity contribution < 1.29 is 42.8 Å². The second kappa shape index (κ2) is 24.3. The lowest BCUT2D eigenvalue weighted by Gasteiger charge is -2.26. The van der Waals surface area contributed by atoms with Crippen LogP contribution in [0.4, 0.5) is 0 Å². The smallest absolute Gasteiger partial charge is 0.356 e. The molecular formula is C55H54N6O9. The highest BCUT2D eigenvalue weighted by Gasteiger charge is 2.22. The molecule has 1 aliphatic heterocycles. The molecule has 4 heterocycles. The van der Waals surface area contributed by atoms with Crippen LogP contribution in [-0.2, 0) is 33.8 Å². The third kappa shape index (κ3) is 13.8. The molecule has 0 radical (unpaired) electrons. The molecule has 1 aliphatic rings. The lowest BCUT2D eigenvalue weighted by molar-refractivity contribution is 0.0584. The van der Waals surface area contributed by atoms with E-state index in [0.29, 0.717) is 92.9 Å². The fourth-order valence-corrected chi connectivity index (χ4v) is 7.71. The van der Waals surface area contributed by atoms with Gasteiger partial charge >= 0.3 is 17.9 Å². The second-order valence-corrected chi connectivity index (χ2v) is 16.2. The van der Waals surface area contributed by atoms with Gasteiger partial charge in [0.1, 0.15) is 34.3 Å². The van der Waals surface area contributed by atoms with Crippen LogP contribution in [0.1, 0.15) is 70.8 Å². The van der Waals surface area contributed by atoms with E-state index in [2.05, 4.69) is 38.4 Å². The molecule has 0 bridgehead atoms. The maximum atomic E-state index is 13.0. The van der Waals surface area contributed by atoms with Gasteiger partial charge in [0.2, 0.25) is 0 Å². The molecule has 0 aliphatic carbocycles. The van der Waals surface area contributed by atoms with Crippen LogP contribution in [0.3, 0.4) is 0 Å². The number of methoxy groups -OCH3 is 6. The van der Waals surface area contributed by atoms with Crippen molar-refractivity contribution in [2.24, 2.45) is 0 Å². The van der Waals surface area contributed by atoms with Crippen molar-refractivity contribution >= 4 is 17.9 Å². The molecule has 15 nitrogen and oxygen atoms in total. The van der Waals surface area contributed by atoms with Gasteiger partial charge in [-0.05, 0) is 108 Å². The first-order valence-electron chi connectivity index (χ1n) is 22.5. The van der Waals surface area contributed by atoms with E-state index in [1.165, 1.54) is 21.3 Å². The first-order valence-corrected chi connectivity index (χ1v) is 22.5. The summed E-state index contributed by atoms with van der Waals surface area (Å²) >= 11 is 0. The zero-order chi connectivity index (χ0) is 49.4. The molecule has 1 saturated heterocycles. The number of carbonyl (C=O) groups is 3. The maximum Gasteiger partial charge on any atom is 0.356 e. The number of hydrogen-bond acceptors (Lipinski definition) is 15. The Hall–Kier alpha value is -8.08. The first-order chi connectivity index (χ1) is 34.0. The van der Waals surface area contributed by atoms with Crippen molar-refractivity contribution in [2.45, 2.75) is 19.6 Å². The molecule has 0 unspecified atom stereocenters. The van der Waals surface area contributed by atoms with E-state index in [-0.39, 0.29) is 17.1 Å². The zero-order valence-electron chi connectivity index (χ0n) is 40.1. The number of pyridine rings is 3. The summed E-state index contributed by atoms with van der Waals surface area (Å²) in [5.41, 5.74) is 6.96. The average molecular weight is 943 g/mol. The van der Waals surface area contributed by atoms with Crippen LogP contribution in [-0.4, -0.2) is 129 Å². The highest BCUT2D eigenvalue weighted by molar-refractivity contribution is 5.89. The maximum absolute atomic E-state index is 13.0. The Balaban J connectivity index is 1.21. The van der Waals surface area contributed by atoms with E-state index < -0.39 is 17.9 Å². The summed E-state index contributed by atoms with van der Waals surface area (Å²) in [5, 5.41) is 0. The number of nitrogens with zero attached hydrogens (tertiary/aromatic N) is 6. The number of benzene rings is 3. The second-order valence-electron chi connectivity index (χ2n) is 16.2. The molecule has 0 atom stereocenters. The summed E-state index contributed by atoms with van der Waals surface area (Å²) < 4.78 is 31.3. The van der Waals surface area contributed by atoms with Gasteiger partial charge < -0.3 is 28.4 Å². The Morgan fingerprint density at radius 3 is 1.06 bits per heavy atom. The van der Waals surface area contributed by atoms with Crippen molar-refractivity contribution in [3.63, 3.8) is 0 Å². The lowest BCUT2D eigenvalue weighted by Crippen LogP contribution is -2.36. The predicted molar refractivity (Wildman–Crippen MR) is 262 cm³/mol. The number of rotatable bonds is 13. The van der Waals surface area contributed by atoms with Gasteiger partial charge in [-0.3, -0.25) is 14.7 Å². The van der Waals surface area contributed by atoms with Crippen LogP contribution < -0.4 is 14.2 Å². The minimum Gasteiger partial charge on any atom is -0.497 e. The molecule has 70 heavy (non-hydrogen) atoms. The van der Waals surface area contributed by atoms with Gasteiger partial charge in [0.25, 0.3) is 0 Å². The molecule has 0 amide bonds. The molecule has 3 aromatic carbocycles. The van der Waals surface area contributed by atoms with Crippen LogP contribution in [0, 0.1) is 23.7 Å². The fraction of sp³-hybridized carbons (Fsp3) is 0.273. The van der Waals surface area contributed by atoms with E-state index in [0.717, 1.165) is 33.8 Å². The predicted octanol–water partition coefficient (Wildman–Crippen LogP) is 6.54. The number of esters is 3. The zero-order valence-corrected chi connectivity index (χ0v) is 40.1. The van der Waals surface area contributed by atoms with Crippen molar-refractivity contribution in [3.8, 4) is 52.1 Å². The minimum atomic E-state index is -0.568. The first kappa shape index (κ1) is 49.8. The third-order valence-corrected chi connectivity index (χ3v) is 11.5. The van der Waals surface area contributed by atoms with Gasteiger partial charge in [-0.2, -0.15) is 0 Å². The van der Waals surface area contributed by atoms with Crippen LogP contribution in [0.25, 0.3) is 11.1 Å². The van der Waals surface area contributed by atoms with Crippen LogP contribution in [0.2, 0.25) is 0 Å². The summed E-state index contributed by atoms with van der Waals surface area (Å²) in [6, 6.07) is 33.2. The largest absolute Gasteiger partial charge is 0.497 e. The molecule has 1 fully saturated rings. The van der Waals surface area contributed by atoms with E-state index in [1.807, 2.05) is 91.0 Å². The summed E-state index contributed by atoms with van der Waals surface area (Å²) in [6.45, 7) is 4.91. The molecule has 3 aromatic heterocycles. The van der Waals surface area contributed by atoms with E-state index in [4.69, 9.17) is 43.4 Å². The van der Waals surface area contributed by atoms with E-state index in [1.54, 1.807) is 39.5 Å². The van der Waals surface area contributed by atoms with Gasteiger partial charge in [-0.15, -0.1) is 0 Å². The Morgan fingerprint density at radius 1 is 0.400 bits per heavy atom. The van der Waals surface area contributed by atoms with Gasteiger partial charge in [-0.1, -0.05) is 35.8 Å². The van der Waals surface area contributed by atoms with Gasteiger partial charge in [-0.25, -0.2) is 29.3 Å². The van der Waals surface area contributed by atoms with Crippen molar-refractivity contribution in [1.82, 2.24) is 29.7 Å². The minimum absolute atomic E-state index is 0.151. The summed E-state index contributed by atoms with van der Waals surface area (Å²) in [7, 11) is 8.83. The van der Waals surface area contributed by atoms with Gasteiger partial charge in [0.15, 0.2) is 0 Å². The van der Waals surface area contributed by atoms with Crippen molar-refractivity contribution in [1.29, 1.82) is 0 Å². The monoisotopic (exact) mass is 942 g/mol. The van der Waals surface area contributed by atoms with Crippen LogP contribution in [0.15, 0.2) is 109 Å². The fourth-order valence-electron chi connectivity index (χ4n) is 7.71. The average Bonchev–Trinajstić information content (AvgIpc) is 3.49. The Kier molecular flexibility index (Phi) is 17.3. The number of ether oxygens (including phenoxy) is 6. The van der Waals surface area contributed by atoms with Gasteiger partial charge in [0.05, 0.1) is 59.7 Å². The van der Waals surface area contributed by atoms with Crippen LogP contribution in [0.5, 0.6) is 17.2 Å².